The molecule has 0 unspecified atom stereocenters. The van der Waals surface area contributed by atoms with E-state index in [0.717, 1.165) is 12.8 Å². The highest BCUT2D eigenvalue weighted by atomic mass is 79.9. The summed E-state index contributed by atoms with van der Waals surface area (Å²) in [6, 6.07) is 6.41. The molecule has 0 aliphatic heterocycles. The average Bonchev–Trinajstić information content (AvgIpc) is 2.36. The molecule has 0 N–H and O–H groups in total. The van der Waals surface area contributed by atoms with Crippen molar-refractivity contribution in [3.8, 4) is 0 Å². The van der Waals surface area contributed by atoms with Crippen molar-refractivity contribution in [2.45, 2.75) is 12.8 Å². The van der Waals surface area contributed by atoms with Gasteiger partial charge in [0.25, 0.3) is 0 Å². The summed E-state index contributed by atoms with van der Waals surface area (Å²) < 4.78 is 1.26. The summed E-state index contributed by atoms with van der Waals surface area (Å²) in [5.74, 6) is 0. The fourth-order valence-electron chi connectivity index (χ4n) is 1.40. The van der Waals surface area contributed by atoms with Crippen LogP contribution in [-0.4, -0.2) is 0 Å². The molecule has 2 rings (SSSR count). The van der Waals surface area contributed by atoms with Crippen LogP contribution in [0.3, 0.4) is 0 Å². The molecule has 0 saturated carbocycles. The van der Waals surface area contributed by atoms with Gasteiger partial charge in [-0.05, 0) is 6.07 Å². The van der Waals surface area contributed by atoms with Crippen molar-refractivity contribution in [2.75, 3.05) is 0 Å². The Kier molecular flexibility index (Phi) is 1.46. The highest BCUT2D eigenvalue weighted by molar-refractivity contribution is 9.10. The lowest BCUT2D eigenvalue weighted by molar-refractivity contribution is 1.17. The van der Waals surface area contributed by atoms with Crippen LogP contribution in [0.25, 0.3) is 0 Å². The van der Waals surface area contributed by atoms with Crippen LogP contribution in [0.5, 0.6) is 0 Å². The summed E-state index contributed by atoms with van der Waals surface area (Å²) in [4.78, 5) is 0. The maximum absolute atomic E-state index is 3.53. The molecule has 1 aromatic rings. The smallest absolute Gasteiger partial charge is 0.0607 e. The molecule has 0 heterocycles. The molecule has 0 nitrogen and oxygen atoms in total. The van der Waals surface area contributed by atoms with Crippen molar-refractivity contribution in [3.05, 3.63) is 40.2 Å². The van der Waals surface area contributed by atoms with Crippen LogP contribution < -0.4 is 0 Å². The van der Waals surface area contributed by atoms with Crippen LogP contribution in [0.4, 0.5) is 0 Å². The lowest BCUT2D eigenvalue weighted by Crippen LogP contribution is -1.81. The lowest BCUT2D eigenvalue weighted by atomic mass is 10.1. The van der Waals surface area contributed by atoms with Gasteiger partial charge in [0, 0.05) is 15.6 Å². The first kappa shape index (κ1) is 6.29. The van der Waals surface area contributed by atoms with Crippen LogP contribution in [0, 0.1) is 6.42 Å². The number of fused-ring (bicyclic) bond motifs is 1. The molecular weight excluding hydrogens is 188 g/mol. The molecule has 1 aliphatic rings. The number of rotatable bonds is 0. The standard InChI is InChI=1S/C9H8Br/c10-9-6-2-4-7-3-1-5-8(7)9/h1-2,4,6H,3,5H2/q+1. The third-order valence-corrected chi connectivity index (χ3v) is 2.67. The van der Waals surface area contributed by atoms with Crippen LogP contribution in [-0.2, 0) is 12.8 Å². The van der Waals surface area contributed by atoms with Gasteiger partial charge in [0.1, 0.15) is 12.8 Å². The van der Waals surface area contributed by atoms with Gasteiger partial charge in [-0.25, -0.2) is 0 Å². The van der Waals surface area contributed by atoms with Gasteiger partial charge in [-0.15, -0.1) is 0 Å². The Morgan fingerprint density at radius 3 is 3.00 bits per heavy atom. The van der Waals surface area contributed by atoms with E-state index in [-0.39, 0.29) is 0 Å². The fourth-order valence-corrected chi connectivity index (χ4v) is 1.96. The predicted molar refractivity (Wildman–Crippen MR) is 45.9 cm³/mol. The zero-order valence-corrected chi connectivity index (χ0v) is 7.19. The summed E-state index contributed by atoms with van der Waals surface area (Å²) in [5.41, 5.74) is 2.96. The molecule has 0 amide bonds. The zero-order chi connectivity index (χ0) is 6.97. The molecule has 50 valence electrons. The van der Waals surface area contributed by atoms with Crippen molar-refractivity contribution in [2.24, 2.45) is 0 Å². The molecule has 0 spiro atoms. The molecule has 0 bridgehead atoms. The first-order valence-electron chi connectivity index (χ1n) is 3.46. The Bertz CT molecular complexity index is 253. The Balaban J connectivity index is 2.59. The molecule has 0 aromatic heterocycles. The van der Waals surface area contributed by atoms with Crippen molar-refractivity contribution in [1.29, 1.82) is 0 Å². The van der Waals surface area contributed by atoms with Gasteiger partial charge < -0.3 is 0 Å². The minimum absolute atomic E-state index is 1.14. The van der Waals surface area contributed by atoms with Gasteiger partial charge in [-0.3, -0.25) is 0 Å². The van der Waals surface area contributed by atoms with E-state index in [1.165, 1.54) is 15.6 Å². The number of hydrogen-bond acceptors (Lipinski definition) is 0. The zero-order valence-electron chi connectivity index (χ0n) is 5.60. The largest absolute Gasteiger partial charge is 0.114 e. The van der Waals surface area contributed by atoms with Crippen molar-refractivity contribution < 1.29 is 0 Å². The van der Waals surface area contributed by atoms with E-state index in [4.69, 9.17) is 0 Å². The minimum Gasteiger partial charge on any atom is -0.0607 e. The van der Waals surface area contributed by atoms with Gasteiger partial charge in [-0.2, -0.15) is 0 Å². The molecule has 1 heteroatoms. The van der Waals surface area contributed by atoms with Crippen molar-refractivity contribution >= 4 is 15.9 Å². The maximum atomic E-state index is 3.53. The van der Waals surface area contributed by atoms with Crippen LogP contribution in [0.15, 0.2) is 22.7 Å². The molecule has 0 atom stereocenters. The second kappa shape index (κ2) is 2.31. The maximum Gasteiger partial charge on any atom is 0.114 e. The Labute approximate surface area is 69.4 Å². The number of hydrogen-bond donors (Lipinski definition) is 0. The average molecular weight is 196 g/mol. The van der Waals surface area contributed by atoms with E-state index in [1.54, 1.807) is 0 Å². The molecule has 0 fully saturated rings. The summed E-state index contributed by atoms with van der Waals surface area (Å²) in [5, 5.41) is 0. The third kappa shape index (κ3) is 0.853. The first-order chi connectivity index (χ1) is 4.88. The van der Waals surface area contributed by atoms with Gasteiger partial charge in [0.2, 0.25) is 0 Å². The van der Waals surface area contributed by atoms with Gasteiger partial charge in [0.15, 0.2) is 0 Å². The lowest BCUT2D eigenvalue weighted by Gasteiger charge is -1.95. The summed E-state index contributed by atoms with van der Waals surface area (Å²) in [6.45, 7) is 0. The molecule has 1 aromatic carbocycles. The molecule has 10 heavy (non-hydrogen) atoms. The van der Waals surface area contributed by atoms with Gasteiger partial charge >= 0.3 is 0 Å². The van der Waals surface area contributed by atoms with Gasteiger partial charge in [-0.1, -0.05) is 28.1 Å². The Hall–Kier alpha value is -0.430. The van der Waals surface area contributed by atoms with E-state index in [9.17, 15) is 0 Å². The number of benzene rings is 1. The summed E-state index contributed by atoms with van der Waals surface area (Å²) in [7, 11) is 0. The van der Waals surface area contributed by atoms with Crippen LogP contribution in [0.2, 0.25) is 0 Å². The van der Waals surface area contributed by atoms with Crippen LogP contribution in [0.1, 0.15) is 11.1 Å². The number of halogens is 1. The quantitative estimate of drug-likeness (QED) is 0.559. The Morgan fingerprint density at radius 2 is 2.20 bits per heavy atom. The molecule has 1 aliphatic carbocycles. The topological polar surface area (TPSA) is 0 Å². The van der Waals surface area contributed by atoms with Crippen molar-refractivity contribution in [1.82, 2.24) is 0 Å². The highest BCUT2D eigenvalue weighted by Crippen LogP contribution is 2.27. The van der Waals surface area contributed by atoms with Crippen LogP contribution >= 0.6 is 15.9 Å². The SMILES string of the molecule is Brc1cccc2c1C[CH+]C2. The predicted octanol–water partition coefficient (Wildman–Crippen LogP) is 2.75. The van der Waals surface area contributed by atoms with Crippen molar-refractivity contribution in [3.63, 3.8) is 0 Å². The summed E-state index contributed by atoms with van der Waals surface area (Å²) >= 11 is 3.53. The summed E-state index contributed by atoms with van der Waals surface area (Å²) in [6.07, 6.45) is 4.60. The highest BCUT2D eigenvalue weighted by Gasteiger charge is 2.19. The van der Waals surface area contributed by atoms with E-state index in [2.05, 4.69) is 40.5 Å². The van der Waals surface area contributed by atoms with E-state index in [0.29, 0.717) is 0 Å². The first-order valence-corrected chi connectivity index (χ1v) is 4.25. The monoisotopic (exact) mass is 195 g/mol. The third-order valence-electron chi connectivity index (χ3n) is 1.93. The molecule has 0 radical (unpaired) electrons. The minimum atomic E-state index is 1.14. The Morgan fingerprint density at radius 1 is 1.30 bits per heavy atom. The fraction of sp³-hybridized carbons (Fsp3) is 0.222. The van der Waals surface area contributed by atoms with E-state index in [1.807, 2.05) is 0 Å². The van der Waals surface area contributed by atoms with E-state index < -0.39 is 0 Å². The van der Waals surface area contributed by atoms with E-state index >= 15 is 0 Å². The molecule has 0 saturated heterocycles. The molecular formula is C9H8Br+. The second-order valence-electron chi connectivity index (χ2n) is 2.57. The second-order valence-corrected chi connectivity index (χ2v) is 3.43. The van der Waals surface area contributed by atoms with Gasteiger partial charge in [0.05, 0.1) is 6.42 Å². The normalized spacial score (nSPS) is 14.5.